The maximum Gasteiger partial charge on any atom is 0.265 e. The van der Waals surface area contributed by atoms with Gasteiger partial charge in [-0.15, -0.1) is 0 Å². The number of benzene rings is 2. The van der Waals surface area contributed by atoms with Crippen LogP contribution in [0.4, 0.5) is 5.69 Å². The van der Waals surface area contributed by atoms with E-state index in [0.29, 0.717) is 17.7 Å². The highest BCUT2D eigenvalue weighted by Crippen LogP contribution is 2.26. The first-order chi connectivity index (χ1) is 15.8. The lowest BCUT2D eigenvalue weighted by Gasteiger charge is -2.13. The Morgan fingerprint density at radius 3 is 2.67 bits per heavy atom. The summed E-state index contributed by atoms with van der Waals surface area (Å²) < 4.78 is 33.2. The van der Waals surface area contributed by atoms with Crippen molar-refractivity contribution in [2.45, 2.75) is 18.4 Å². The SMILES string of the molecule is COc1ccccc1NS(=O)(=O)c1cccc(C(=O)NNCc2c(C=O)cnc(C)c2O)c1. The molecule has 0 radical (unpaired) electrons. The predicted molar refractivity (Wildman–Crippen MR) is 121 cm³/mol. The molecule has 172 valence electrons. The second-order valence-electron chi connectivity index (χ2n) is 6.89. The minimum absolute atomic E-state index is 0.0532. The molecule has 1 amide bonds. The summed E-state index contributed by atoms with van der Waals surface area (Å²) in [5.41, 5.74) is 6.17. The molecular weight excluding hydrogens is 448 g/mol. The van der Waals surface area contributed by atoms with Crippen molar-refractivity contribution in [3.8, 4) is 11.5 Å². The van der Waals surface area contributed by atoms with Crippen molar-refractivity contribution in [1.29, 1.82) is 0 Å². The molecule has 4 N–H and O–H groups in total. The number of para-hydroxylation sites is 2. The summed E-state index contributed by atoms with van der Waals surface area (Å²) in [4.78, 5) is 27.5. The summed E-state index contributed by atoms with van der Waals surface area (Å²) in [6.45, 7) is 1.53. The number of aromatic nitrogens is 1. The fraction of sp³-hybridized carbons (Fsp3) is 0.136. The third-order valence-electron chi connectivity index (χ3n) is 4.73. The maximum atomic E-state index is 12.8. The average molecular weight is 471 g/mol. The van der Waals surface area contributed by atoms with E-state index in [1.807, 2.05) is 0 Å². The summed E-state index contributed by atoms with van der Waals surface area (Å²) in [7, 11) is -2.57. The lowest BCUT2D eigenvalue weighted by molar-refractivity contribution is 0.0931. The van der Waals surface area contributed by atoms with Gasteiger partial charge in [-0.25, -0.2) is 13.8 Å². The van der Waals surface area contributed by atoms with E-state index in [1.54, 1.807) is 31.2 Å². The molecule has 11 heteroatoms. The predicted octanol–water partition coefficient (Wildman–Crippen LogP) is 2.15. The number of aldehydes is 1. The first-order valence-corrected chi connectivity index (χ1v) is 11.2. The number of nitrogens with one attached hydrogen (secondary N) is 3. The highest BCUT2D eigenvalue weighted by molar-refractivity contribution is 7.92. The van der Waals surface area contributed by atoms with Crippen LogP contribution in [0, 0.1) is 6.92 Å². The number of nitrogens with zero attached hydrogens (tertiary/aromatic N) is 1. The lowest BCUT2D eigenvalue weighted by Crippen LogP contribution is -2.37. The van der Waals surface area contributed by atoms with E-state index in [9.17, 15) is 23.1 Å². The number of carbonyl (C=O) groups excluding carboxylic acids is 2. The van der Waals surface area contributed by atoms with Gasteiger partial charge in [-0.2, -0.15) is 0 Å². The number of hydrogen-bond donors (Lipinski definition) is 4. The van der Waals surface area contributed by atoms with Crippen molar-refractivity contribution in [2.75, 3.05) is 11.8 Å². The van der Waals surface area contributed by atoms with Crippen LogP contribution >= 0.6 is 0 Å². The van der Waals surface area contributed by atoms with Gasteiger partial charge in [-0.3, -0.25) is 24.7 Å². The molecule has 0 aliphatic heterocycles. The molecule has 0 spiro atoms. The quantitative estimate of drug-likeness (QED) is 0.275. The fourth-order valence-corrected chi connectivity index (χ4v) is 4.09. The molecule has 0 bridgehead atoms. The minimum atomic E-state index is -3.99. The normalized spacial score (nSPS) is 11.0. The van der Waals surface area contributed by atoms with Crippen molar-refractivity contribution in [2.24, 2.45) is 0 Å². The van der Waals surface area contributed by atoms with Crippen molar-refractivity contribution >= 4 is 27.9 Å². The van der Waals surface area contributed by atoms with Crippen LogP contribution in [0.1, 0.15) is 32.0 Å². The minimum Gasteiger partial charge on any atom is -0.506 e. The van der Waals surface area contributed by atoms with Crippen molar-refractivity contribution in [3.63, 3.8) is 0 Å². The Morgan fingerprint density at radius 1 is 1.18 bits per heavy atom. The zero-order chi connectivity index (χ0) is 24.0. The van der Waals surface area contributed by atoms with Gasteiger partial charge in [0.05, 0.1) is 23.4 Å². The number of aromatic hydroxyl groups is 1. The third-order valence-corrected chi connectivity index (χ3v) is 6.09. The summed E-state index contributed by atoms with van der Waals surface area (Å²) in [5, 5.41) is 10.1. The van der Waals surface area contributed by atoms with Gasteiger partial charge in [0, 0.05) is 29.4 Å². The van der Waals surface area contributed by atoms with Crippen LogP contribution in [0.2, 0.25) is 0 Å². The molecule has 1 aromatic heterocycles. The van der Waals surface area contributed by atoms with Gasteiger partial charge < -0.3 is 9.84 Å². The van der Waals surface area contributed by atoms with E-state index in [-0.39, 0.29) is 39.6 Å². The number of sulfonamides is 1. The van der Waals surface area contributed by atoms with Gasteiger partial charge >= 0.3 is 0 Å². The molecule has 0 fully saturated rings. The average Bonchev–Trinajstić information content (AvgIpc) is 2.82. The number of hydrazine groups is 1. The maximum absolute atomic E-state index is 12.8. The van der Waals surface area contributed by atoms with E-state index in [1.165, 1.54) is 37.6 Å². The number of aryl methyl sites for hydroxylation is 1. The van der Waals surface area contributed by atoms with E-state index in [0.717, 1.165) is 0 Å². The second-order valence-corrected chi connectivity index (χ2v) is 8.57. The Hall–Kier alpha value is -3.96. The smallest absolute Gasteiger partial charge is 0.265 e. The van der Waals surface area contributed by atoms with Gasteiger partial charge in [-0.05, 0) is 37.3 Å². The van der Waals surface area contributed by atoms with Gasteiger partial charge in [-0.1, -0.05) is 18.2 Å². The summed E-state index contributed by atoms with van der Waals surface area (Å²) in [5.74, 6) is -0.414. The first-order valence-electron chi connectivity index (χ1n) is 9.68. The van der Waals surface area contributed by atoms with Gasteiger partial charge in [0.15, 0.2) is 6.29 Å². The molecule has 1 heterocycles. The molecule has 3 rings (SSSR count). The van der Waals surface area contributed by atoms with Gasteiger partial charge in [0.25, 0.3) is 15.9 Å². The lowest BCUT2D eigenvalue weighted by atomic mass is 10.1. The second kappa shape index (κ2) is 10.1. The van der Waals surface area contributed by atoms with Crippen molar-refractivity contribution < 1.29 is 27.9 Å². The molecule has 0 unspecified atom stereocenters. The van der Waals surface area contributed by atoms with E-state index < -0.39 is 15.9 Å². The molecule has 0 saturated heterocycles. The molecule has 0 aliphatic carbocycles. The third kappa shape index (κ3) is 5.45. The number of rotatable bonds is 9. The van der Waals surface area contributed by atoms with E-state index in [4.69, 9.17) is 4.74 Å². The number of carbonyl (C=O) groups is 2. The number of anilines is 1. The highest BCUT2D eigenvalue weighted by atomic mass is 32.2. The summed E-state index contributed by atoms with van der Waals surface area (Å²) in [6, 6.07) is 12.0. The standard InChI is InChI=1S/C22H22N4O6S/c1-14-21(28)18(16(13-27)11-23-14)12-24-25-22(29)15-6-5-7-17(10-15)33(30,31)26-19-8-3-4-9-20(19)32-2/h3-11,13,24,26,28H,12H2,1-2H3,(H,25,29). The first kappa shape index (κ1) is 23.7. The van der Waals surface area contributed by atoms with Crippen LogP contribution in [0.15, 0.2) is 59.6 Å². The largest absolute Gasteiger partial charge is 0.506 e. The van der Waals surface area contributed by atoms with Gasteiger partial charge in [0.1, 0.15) is 11.5 Å². The van der Waals surface area contributed by atoms with Crippen LogP contribution in [0.25, 0.3) is 0 Å². The van der Waals surface area contributed by atoms with Crippen LogP contribution in [-0.4, -0.2) is 37.8 Å². The number of methoxy groups -OCH3 is 1. The number of hydrogen-bond acceptors (Lipinski definition) is 8. The van der Waals surface area contributed by atoms with Crippen LogP contribution in [-0.2, 0) is 16.6 Å². The molecule has 33 heavy (non-hydrogen) atoms. The van der Waals surface area contributed by atoms with E-state index in [2.05, 4.69) is 20.6 Å². The number of pyridine rings is 1. The molecule has 10 nitrogen and oxygen atoms in total. The Kier molecular flexibility index (Phi) is 7.26. The number of ether oxygens (including phenoxy) is 1. The zero-order valence-corrected chi connectivity index (χ0v) is 18.6. The van der Waals surface area contributed by atoms with Crippen LogP contribution in [0.3, 0.4) is 0 Å². The molecule has 0 saturated carbocycles. The Labute approximate surface area is 190 Å². The molecular formula is C22H22N4O6S. The fourth-order valence-electron chi connectivity index (χ4n) is 2.97. The van der Waals surface area contributed by atoms with Crippen LogP contribution in [0.5, 0.6) is 11.5 Å². The Balaban J connectivity index is 1.72. The van der Waals surface area contributed by atoms with E-state index >= 15 is 0 Å². The summed E-state index contributed by atoms with van der Waals surface area (Å²) >= 11 is 0. The topological polar surface area (TPSA) is 147 Å². The van der Waals surface area contributed by atoms with Crippen LogP contribution < -0.4 is 20.3 Å². The Bertz CT molecular complexity index is 1290. The Morgan fingerprint density at radius 2 is 1.94 bits per heavy atom. The molecule has 2 aromatic carbocycles. The monoisotopic (exact) mass is 470 g/mol. The molecule has 3 aromatic rings. The van der Waals surface area contributed by atoms with Crippen molar-refractivity contribution in [1.82, 2.24) is 15.8 Å². The number of amides is 1. The summed E-state index contributed by atoms with van der Waals surface area (Å²) in [6.07, 6.45) is 1.87. The highest BCUT2D eigenvalue weighted by Gasteiger charge is 2.18. The van der Waals surface area contributed by atoms with Gasteiger partial charge in [0.2, 0.25) is 0 Å². The van der Waals surface area contributed by atoms with Crippen molar-refractivity contribution in [3.05, 3.63) is 77.1 Å². The molecule has 0 aliphatic rings. The molecule has 0 atom stereocenters. The zero-order valence-electron chi connectivity index (χ0n) is 17.8.